The van der Waals surface area contributed by atoms with E-state index in [0.717, 1.165) is 11.4 Å². The van der Waals surface area contributed by atoms with E-state index in [1.54, 1.807) is 20.5 Å². The van der Waals surface area contributed by atoms with Crippen molar-refractivity contribution in [3.05, 3.63) is 34.9 Å². The first kappa shape index (κ1) is 15.6. The molecular formula is C14H19ClN4O2. The maximum Gasteiger partial charge on any atom is 0.179 e. The summed E-state index contributed by atoms with van der Waals surface area (Å²) in [5.74, 6) is 2.04. The van der Waals surface area contributed by atoms with Crippen molar-refractivity contribution in [2.24, 2.45) is 7.05 Å². The van der Waals surface area contributed by atoms with Crippen molar-refractivity contribution in [2.45, 2.75) is 19.5 Å². The quantitative estimate of drug-likeness (QED) is 0.887. The molecule has 1 unspecified atom stereocenters. The molecule has 2 aromatic rings. The molecule has 1 atom stereocenters. The number of nitrogens with zero attached hydrogens (tertiary/aromatic N) is 3. The van der Waals surface area contributed by atoms with Gasteiger partial charge in [-0.3, -0.25) is 0 Å². The highest BCUT2D eigenvalue weighted by molar-refractivity contribution is 6.32. The molecular weight excluding hydrogens is 292 g/mol. The van der Waals surface area contributed by atoms with E-state index in [4.69, 9.17) is 21.1 Å². The van der Waals surface area contributed by atoms with Gasteiger partial charge < -0.3 is 19.4 Å². The van der Waals surface area contributed by atoms with E-state index in [2.05, 4.69) is 15.5 Å². The summed E-state index contributed by atoms with van der Waals surface area (Å²) in [6.07, 6.45) is 1.68. The highest BCUT2D eigenvalue weighted by Crippen LogP contribution is 2.36. The standard InChI is InChI=1S/C14H19ClN4O2/c1-9(14-18-17-8-19(14)2)16-7-10-5-11(15)13(21-4)12(6-10)20-3/h5-6,8-9,16H,7H2,1-4H3. The van der Waals surface area contributed by atoms with E-state index in [0.29, 0.717) is 23.1 Å². The van der Waals surface area contributed by atoms with Gasteiger partial charge in [-0.2, -0.15) is 0 Å². The average Bonchev–Trinajstić information content (AvgIpc) is 2.90. The molecule has 0 radical (unpaired) electrons. The molecule has 114 valence electrons. The summed E-state index contributed by atoms with van der Waals surface area (Å²) in [5, 5.41) is 11.9. The van der Waals surface area contributed by atoms with Crippen LogP contribution in [0.4, 0.5) is 0 Å². The fourth-order valence-corrected chi connectivity index (χ4v) is 2.43. The molecule has 0 aliphatic heterocycles. The smallest absolute Gasteiger partial charge is 0.179 e. The zero-order chi connectivity index (χ0) is 15.4. The maximum absolute atomic E-state index is 6.19. The summed E-state index contributed by atoms with van der Waals surface area (Å²) >= 11 is 6.19. The number of nitrogens with one attached hydrogen (secondary N) is 1. The van der Waals surface area contributed by atoms with Crippen LogP contribution in [0.1, 0.15) is 24.4 Å². The van der Waals surface area contributed by atoms with Gasteiger partial charge in [-0.1, -0.05) is 11.6 Å². The van der Waals surface area contributed by atoms with Gasteiger partial charge >= 0.3 is 0 Å². The lowest BCUT2D eigenvalue weighted by molar-refractivity contribution is 0.354. The molecule has 6 nitrogen and oxygen atoms in total. The lowest BCUT2D eigenvalue weighted by Gasteiger charge is -2.15. The summed E-state index contributed by atoms with van der Waals surface area (Å²) < 4.78 is 12.4. The molecule has 1 heterocycles. The van der Waals surface area contributed by atoms with Gasteiger partial charge in [0.1, 0.15) is 12.2 Å². The van der Waals surface area contributed by atoms with Crippen LogP contribution in [0, 0.1) is 0 Å². The van der Waals surface area contributed by atoms with Crippen molar-refractivity contribution in [1.82, 2.24) is 20.1 Å². The largest absolute Gasteiger partial charge is 0.493 e. The predicted octanol–water partition coefficient (Wildman–Crippen LogP) is 2.34. The lowest BCUT2D eigenvalue weighted by atomic mass is 10.2. The Hall–Kier alpha value is -1.79. The van der Waals surface area contributed by atoms with E-state index >= 15 is 0 Å². The van der Waals surface area contributed by atoms with Crippen LogP contribution in [0.15, 0.2) is 18.5 Å². The first-order valence-electron chi connectivity index (χ1n) is 6.54. The predicted molar refractivity (Wildman–Crippen MR) is 80.8 cm³/mol. The number of hydrogen-bond acceptors (Lipinski definition) is 5. The van der Waals surface area contributed by atoms with Gasteiger partial charge in [0.2, 0.25) is 0 Å². The first-order valence-corrected chi connectivity index (χ1v) is 6.92. The van der Waals surface area contributed by atoms with Crippen molar-refractivity contribution in [3.8, 4) is 11.5 Å². The normalized spacial score (nSPS) is 12.2. The van der Waals surface area contributed by atoms with Crippen LogP contribution in [-0.2, 0) is 13.6 Å². The molecule has 0 aliphatic carbocycles. The number of hydrogen-bond donors (Lipinski definition) is 1. The van der Waals surface area contributed by atoms with Crippen molar-refractivity contribution in [1.29, 1.82) is 0 Å². The zero-order valence-corrected chi connectivity index (χ0v) is 13.3. The number of ether oxygens (including phenoxy) is 2. The third-order valence-corrected chi connectivity index (χ3v) is 3.52. The molecule has 1 aromatic carbocycles. The van der Waals surface area contributed by atoms with Gasteiger partial charge in [0.25, 0.3) is 0 Å². The number of aryl methyl sites for hydroxylation is 1. The first-order chi connectivity index (χ1) is 10.1. The second-order valence-electron chi connectivity index (χ2n) is 4.72. The number of halogens is 1. The minimum absolute atomic E-state index is 0.0735. The van der Waals surface area contributed by atoms with Crippen molar-refractivity contribution >= 4 is 11.6 Å². The number of aromatic nitrogens is 3. The maximum atomic E-state index is 6.19. The Kier molecular flexibility index (Phi) is 5.03. The molecule has 1 aromatic heterocycles. The van der Waals surface area contributed by atoms with Crippen molar-refractivity contribution in [2.75, 3.05) is 14.2 Å². The summed E-state index contributed by atoms with van der Waals surface area (Å²) in [5.41, 5.74) is 1.01. The Morgan fingerprint density at radius 1 is 1.33 bits per heavy atom. The van der Waals surface area contributed by atoms with Crippen LogP contribution in [0.5, 0.6) is 11.5 Å². The monoisotopic (exact) mass is 310 g/mol. The number of methoxy groups -OCH3 is 2. The van der Waals surface area contributed by atoms with E-state index in [1.807, 2.05) is 30.7 Å². The molecule has 0 amide bonds. The molecule has 7 heteroatoms. The van der Waals surface area contributed by atoms with Crippen LogP contribution in [0.3, 0.4) is 0 Å². The SMILES string of the molecule is COc1cc(CNC(C)c2nncn2C)cc(Cl)c1OC. The average molecular weight is 311 g/mol. The van der Waals surface area contributed by atoms with Gasteiger partial charge in [0.05, 0.1) is 25.3 Å². The highest BCUT2D eigenvalue weighted by Gasteiger charge is 2.13. The minimum atomic E-state index is 0.0735. The summed E-state index contributed by atoms with van der Waals surface area (Å²) in [6, 6.07) is 3.84. The zero-order valence-electron chi connectivity index (χ0n) is 12.6. The Bertz CT molecular complexity index is 615. The highest BCUT2D eigenvalue weighted by atomic mass is 35.5. The topological polar surface area (TPSA) is 61.2 Å². The van der Waals surface area contributed by atoms with E-state index in [-0.39, 0.29) is 6.04 Å². The molecule has 0 saturated carbocycles. The van der Waals surface area contributed by atoms with E-state index in [1.165, 1.54) is 0 Å². The van der Waals surface area contributed by atoms with Gasteiger partial charge in [-0.15, -0.1) is 10.2 Å². The lowest BCUT2D eigenvalue weighted by Crippen LogP contribution is -2.21. The van der Waals surface area contributed by atoms with Crippen LogP contribution in [0.2, 0.25) is 5.02 Å². The third kappa shape index (κ3) is 3.46. The van der Waals surface area contributed by atoms with Crippen LogP contribution < -0.4 is 14.8 Å². The fraction of sp³-hybridized carbons (Fsp3) is 0.429. The van der Waals surface area contributed by atoms with Crippen molar-refractivity contribution in [3.63, 3.8) is 0 Å². The van der Waals surface area contributed by atoms with Gasteiger partial charge in [0.15, 0.2) is 11.5 Å². The molecule has 0 saturated heterocycles. The molecule has 2 rings (SSSR count). The second-order valence-corrected chi connectivity index (χ2v) is 5.12. The van der Waals surface area contributed by atoms with Gasteiger partial charge in [-0.25, -0.2) is 0 Å². The fourth-order valence-electron chi connectivity index (χ4n) is 2.12. The molecule has 21 heavy (non-hydrogen) atoms. The second kappa shape index (κ2) is 6.78. The Morgan fingerprint density at radius 2 is 2.10 bits per heavy atom. The summed E-state index contributed by atoms with van der Waals surface area (Å²) in [4.78, 5) is 0. The van der Waals surface area contributed by atoms with Crippen molar-refractivity contribution < 1.29 is 9.47 Å². The summed E-state index contributed by atoms with van der Waals surface area (Å²) in [6.45, 7) is 2.67. The van der Waals surface area contributed by atoms with E-state index < -0.39 is 0 Å². The van der Waals surface area contributed by atoms with Gasteiger partial charge in [0, 0.05) is 13.6 Å². The Labute approximate surface area is 129 Å². The Morgan fingerprint density at radius 3 is 2.67 bits per heavy atom. The molecule has 1 N–H and O–H groups in total. The molecule has 0 spiro atoms. The molecule has 0 bridgehead atoms. The molecule has 0 aliphatic rings. The molecule has 0 fully saturated rings. The van der Waals surface area contributed by atoms with Crippen LogP contribution in [-0.4, -0.2) is 29.0 Å². The minimum Gasteiger partial charge on any atom is -0.493 e. The van der Waals surface area contributed by atoms with Crippen LogP contribution in [0.25, 0.3) is 0 Å². The van der Waals surface area contributed by atoms with Crippen LogP contribution >= 0.6 is 11.6 Å². The third-order valence-electron chi connectivity index (χ3n) is 3.24. The number of rotatable bonds is 6. The summed E-state index contributed by atoms with van der Waals surface area (Å²) in [7, 11) is 5.08. The Balaban J connectivity index is 2.10. The van der Waals surface area contributed by atoms with E-state index in [9.17, 15) is 0 Å². The number of benzene rings is 1. The van der Waals surface area contributed by atoms with Gasteiger partial charge in [-0.05, 0) is 24.6 Å².